The molecule has 0 saturated heterocycles. The Morgan fingerprint density at radius 2 is 2.15 bits per heavy atom. The van der Waals surface area contributed by atoms with Crippen molar-refractivity contribution in [2.24, 2.45) is 5.92 Å². The van der Waals surface area contributed by atoms with Gasteiger partial charge in [0.1, 0.15) is 5.84 Å². The van der Waals surface area contributed by atoms with Crippen molar-refractivity contribution in [3.05, 3.63) is 46.2 Å². The van der Waals surface area contributed by atoms with Crippen LogP contribution in [0.4, 0.5) is 0 Å². The Labute approximate surface area is 158 Å². The third-order valence-electron chi connectivity index (χ3n) is 5.63. The van der Waals surface area contributed by atoms with E-state index >= 15 is 0 Å². The number of pyridine rings is 1. The van der Waals surface area contributed by atoms with Crippen molar-refractivity contribution in [3.63, 3.8) is 0 Å². The summed E-state index contributed by atoms with van der Waals surface area (Å²) in [7, 11) is 0. The normalized spacial score (nSPS) is 18.8. The summed E-state index contributed by atoms with van der Waals surface area (Å²) in [4.78, 5) is 23.6. The predicted molar refractivity (Wildman–Crippen MR) is 102 cm³/mol. The van der Waals surface area contributed by atoms with Crippen LogP contribution in [0.5, 0.6) is 0 Å². The maximum absolute atomic E-state index is 13.2. The molecule has 1 unspecified atom stereocenters. The Balaban J connectivity index is 1.56. The molecule has 1 atom stereocenters. The molecule has 4 rings (SSSR count). The quantitative estimate of drug-likeness (QED) is 0.841. The van der Waals surface area contributed by atoms with Gasteiger partial charge in [-0.3, -0.25) is 15.2 Å². The van der Waals surface area contributed by atoms with E-state index in [1.54, 1.807) is 18.6 Å². The summed E-state index contributed by atoms with van der Waals surface area (Å²) >= 11 is 1.53. The lowest BCUT2D eigenvalue weighted by Gasteiger charge is -2.32. The van der Waals surface area contributed by atoms with Gasteiger partial charge < -0.3 is 4.90 Å². The Hall–Kier alpha value is -2.08. The highest BCUT2D eigenvalue weighted by molar-refractivity contribution is 7.09. The molecule has 0 spiro atoms. The maximum atomic E-state index is 13.2. The lowest BCUT2D eigenvalue weighted by atomic mass is 9.83. The van der Waals surface area contributed by atoms with Crippen LogP contribution in [0.3, 0.4) is 0 Å². The summed E-state index contributed by atoms with van der Waals surface area (Å²) in [6.07, 6.45) is 12.7. The lowest BCUT2D eigenvalue weighted by Crippen LogP contribution is -2.43. The third kappa shape index (κ3) is 3.56. The molecule has 1 fully saturated rings. The van der Waals surface area contributed by atoms with Crippen LogP contribution in [0.15, 0.2) is 30.0 Å². The largest absolute Gasteiger partial charge is 0.342 e. The number of hydrogen-bond donors (Lipinski definition) is 1. The number of nitrogens with one attached hydrogen (secondary N) is 1. The molecule has 26 heavy (non-hydrogen) atoms. The monoisotopic (exact) mass is 368 g/mol. The fourth-order valence-corrected chi connectivity index (χ4v) is 4.86. The fourth-order valence-electron chi connectivity index (χ4n) is 4.24. The van der Waals surface area contributed by atoms with E-state index in [0.717, 1.165) is 22.6 Å². The van der Waals surface area contributed by atoms with Crippen LogP contribution >= 0.6 is 11.3 Å². The Bertz CT molecular complexity index is 783. The van der Waals surface area contributed by atoms with Crippen LogP contribution in [0.1, 0.15) is 54.7 Å². The van der Waals surface area contributed by atoms with Gasteiger partial charge in [0.25, 0.3) is 0 Å². The smallest absolute Gasteiger partial charge is 0.162 e. The molecule has 1 aliphatic heterocycles. The molecule has 0 aromatic carbocycles. The molecule has 5 nitrogen and oxygen atoms in total. The number of carbonyl (C=O) groups is 1. The van der Waals surface area contributed by atoms with Gasteiger partial charge in [-0.05, 0) is 24.0 Å². The van der Waals surface area contributed by atoms with Gasteiger partial charge in [0.2, 0.25) is 0 Å². The van der Waals surface area contributed by atoms with Gasteiger partial charge in [0.15, 0.2) is 5.78 Å². The number of aromatic nitrogens is 2. The standard InChI is InChI=1S/C20H24N4OS/c21-20-16-12-22-7-6-15(16)13-24(20)17(10-14-4-2-1-3-5-14)18(25)11-19-23-8-9-26-19/h6-9,12,14,17,21H,1-5,10-11,13H2. The number of nitrogens with zero attached hydrogens (tertiary/aromatic N) is 3. The van der Waals surface area contributed by atoms with E-state index in [1.165, 1.54) is 43.4 Å². The predicted octanol–water partition coefficient (Wildman–Crippen LogP) is 3.83. The van der Waals surface area contributed by atoms with Crippen molar-refractivity contribution in [2.45, 2.75) is 57.5 Å². The van der Waals surface area contributed by atoms with Crippen LogP contribution in [0.2, 0.25) is 0 Å². The molecule has 0 bridgehead atoms. The van der Waals surface area contributed by atoms with Gasteiger partial charge in [-0.25, -0.2) is 4.98 Å². The molecule has 0 radical (unpaired) electrons. The Morgan fingerprint density at radius 3 is 2.88 bits per heavy atom. The van der Waals surface area contributed by atoms with Crippen molar-refractivity contribution in [1.82, 2.24) is 14.9 Å². The van der Waals surface area contributed by atoms with Gasteiger partial charge in [0.05, 0.1) is 17.5 Å². The van der Waals surface area contributed by atoms with Crippen molar-refractivity contribution in [3.8, 4) is 0 Å². The van der Waals surface area contributed by atoms with Gasteiger partial charge in [-0.15, -0.1) is 11.3 Å². The van der Waals surface area contributed by atoms with E-state index < -0.39 is 0 Å². The second-order valence-electron chi connectivity index (χ2n) is 7.33. The van der Waals surface area contributed by atoms with Crippen LogP contribution in [-0.4, -0.2) is 32.5 Å². The minimum absolute atomic E-state index is 0.191. The van der Waals surface area contributed by atoms with Crippen molar-refractivity contribution in [1.29, 1.82) is 5.41 Å². The van der Waals surface area contributed by atoms with Gasteiger partial charge in [0, 0.05) is 36.1 Å². The number of ketones is 1. The van der Waals surface area contributed by atoms with Crippen LogP contribution in [0.25, 0.3) is 0 Å². The summed E-state index contributed by atoms with van der Waals surface area (Å²) in [5.41, 5.74) is 1.96. The molecular formula is C20H24N4OS. The SMILES string of the molecule is N=C1c2cnccc2CN1C(CC1CCCCC1)C(=O)Cc1nccs1. The van der Waals surface area contributed by atoms with Gasteiger partial charge in [-0.1, -0.05) is 32.1 Å². The van der Waals surface area contributed by atoms with Crippen LogP contribution in [0, 0.1) is 11.3 Å². The number of fused-ring (bicyclic) bond motifs is 1. The third-order valence-corrected chi connectivity index (χ3v) is 6.41. The van der Waals surface area contributed by atoms with Crippen molar-refractivity contribution < 1.29 is 4.79 Å². The first kappa shape index (κ1) is 17.3. The lowest BCUT2D eigenvalue weighted by molar-refractivity contribution is -0.123. The van der Waals surface area contributed by atoms with E-state index in [4.69, 9.17) is 5.41 Å². The Kier molecular flexibility index (Phi) is 5.11. The molecule has 2 aromatic rings. The molecule has 1 aliphatic carbocycles. The van der Waals surface area contributed by atoms with E-state index in [1.807, 2.05) is 16.3 Å². The highest BCUT2D eigenvalue weighted by atomic mass is 32.1. The number of thiazole rings is 1. The summed E-state index contributed by atoms with van der Waals surface area (Å²) < 4.78 is 0. The second-order valence-corrected chi connectivity index (χ2v) is 8.31. The number of amidine groups is 1. The first-order valence-corrected chi connectivity index (χ1v) is 10.3. The van der Waals surface area contributed by atoms with E-state index in [9.17, 15) is 4.79 Å². The van der Waals surface area contributed by atoms with Crippen molar-refractivity contribution >= 4 is 23.0 Å². The Morgan fingerprint density at radius 1 is 1.31 bits per heavy atom. The topological polar surface area (TPSA) is 69.9 Å². The van der Waals surface area contributed by atoms with Gasteiger partial charge in [-0.2, -0.15) is 0 Å². The zero-order chi connectivity index (χ0) is 17.9. The van der Waals surface area contributed by atoms with Crippen LogP contribution < -0.4 is 0 Å². The van der Waals surface area contributed by atoms with E-state index in [0.29, 0.717) is 24.7 Å². The molecular weight excluding hydrogens is 344 g/mol. The number of Topliss-reactive ketones (excluding diaryl/α,β-unsaturated/α-hetero) is 1. The molecule has 6 heteroatoms. The minimum Gasteiger partial charge on any atom is -0.342 e. The highest BCUT2D eigenvalue weighted by Crippen LogP contribution is 2.32. The molecule has 2 aromatic heterocycles. The van der Waals surface area contributed by atoms with Crippen LogP contribution in [-0.2, 0) is 17.8 Å². The van der Waals surface area contributed by atoms with Gasteiger partial charge >= 0.3 is 0 Å². The summed E-state index contributed by atoms with van der Waals surface area (Å²) in [6.45, 7) is 0.637. The fraction of sp³-hybridized carbons (Fsp3) is 0.500. The maximum Gasteiger partial charge on any atom is 0.162 e. The zero-order valence-corrected chi connectivity index (χ0v) is 15.7. The minimum atomic E-state index is -0.234. The molecule has 136 valence electrons. The first-order chi connectivity index (χ1) is 12.7. The van der Waals surface area contributed by atoms with E-state index in [2.05, 4.69) is 9.97 Å². The first-order valence-electron chi connectivity index (χ1n) is 9.42. The number of hydrogen-bond acceptors (Lipinski definition) is 5. The molecule has 1 saturated carbocycles. The molecule has 3 heterocycles. The highest BCUT2D eigenvalue weighted by Gasteiger charge is 2.35. The number of rotatable bonds is 6. The molecule has 2 aliphatic rings. The summed E-state index contributed by atoms with van der Waals surface area (Å²) in [5, 5.41) is 11.4. The number of carbonyl (C=O) groups excluding carboxylic acids is 1. The molecule has 0 amide bonds. The van der Waals surface area contributed by atoms with Crippen molar-refractivity contribution in [2.75, 3.05) is 0 Å². The van der Waals surface area contributed by atoms with E-state index in [-0.39, 0.29) is 11.8 Å². The average molecular weight is 369 g/mol. The zero-order valence-electron chi connectivity index (χ0n) is 14.9. The molecule has 1 N–H and O–H groups in total. The average Bonchev–Trinajstić information content (AvgIpc) is 3.29. The summed E-state index contributed by atoms with van der Waals surface area (Å²) in [5.74, 6) is 1.22. The second kappa shape index (κ2) is 7.66. The summed E-state index contributed by atoms with van der Waals surface area (Å²) in [6, 6.07) is 1.73.